The van der Waals surface area contributed by atoms with Gasteiger partial charge in [-0.3, -0.25) is 9.59 Å². The number of carbonyl (C=O) groups is 2. The number of amides is 1. The maximum absolute atomic E-state index is 11.9. The van der Waals surface area contributed by atoms with Crippen molar-refractivity contribution in [3.63, 3.8) is 0 Å². The Labute approximate surface area is 104 Å². The highest BCUT2D eigenvalue weighted by Crippen LogP contribution is 2.19. The van der Waals surface area contributed by atoms with Crippen LogP contribution >= 0.6 is 11.3 Å². The fourth-order valence-electron chi connectivity index (χ4n) is 1.12. The van der Waals surface area contributed by atoms with Crippen molar-refractivity contribution in [2.24, 2.45) is 0 Å². The Balaban J connectivity index is 2.64. The lowest BCUT2D eigenvalue weighted by Crippen LogP contribution is -2.36. The molecular weight excluding hydrogens is 273 g/mol. The van der Waals surface area contributed by atoms with Gasteiger partial charge in [0.15, 0.2) is 0 Å². The molecule has 1 heterocycles. The van der Waals surface area contributed by atoms with Crippen molar-refractivity contribution in [3.05, 3.63) is 15.6 Å². The molecular formula is C9H9F3N2O3S. The molecule has 18 heavy (non-hydrogen) atoms. The van der Waals surface area contributed by atoms with Gasteiger partial charge in [-0.25, -0.2) is 4.98 Å². The van der Waals surface area contributed by atoms with E-state index in [4.69, 9.17) is 5.11 Å². The van der Waals surface area contributed by atoms with E-state index in [0.29, 0.717) is 10.6 Å². The van der Waals surface area contributed by atoms with Crippen molar-refractivity contribution in [1.29, 1.82) is 0 Å². The van der Waals surface area contributed by atoms with Crippen molar-refractivity contribution < 1.29 is 27.9 Å². The highest BCUT2D eigenvalue weighted by molar-refractivity contribution is 7.11. The predicted molar refractivity (Wildman–Crippen MR) is 56.1 cm³/mol. The summed E-state index contributed by atoms with van der Waals surface area (Å²) in [6.45, 7) is 1.19. The minimum atomic E-state index is -4.93. The maximum Gasteiger partial charge on any atom is 0.471 e. The van der Waals surface area contributed by atoms with Crippen LogP contribution in [0.4, 0.5) is 13.2 Å². The van der Waals surface area contributed by atoms with Crippen LogP contribution in [0.3, 0.4) is 0 Å². The molecule has 0 bridgehead atoms. The Bertz CT molecular complexity index is 470. The minimum Gasteiger partial charge on any atom is -0.481 e. The largest absolute Gasteiger partial charge is 0.481 e. The Kier molecular flexibility index (Phi) is 4.28. The van der Waals surface area contributed by atoms with Crippen LogP contribution in [0.5, 0.6) is 0 Å². The third kappa shape index (κ3) is 3.99. The molecule has 2 N–H and O–H groups in total. The van der Waals surface area contributed by atoms with E-state index in [9.17, 15) is 22.8 Å². The summed E-state index contributed by atoms with van der Waals surface area (Å²) in [6, 6.07) is 0. The van der Waals surface area contributed by atoms with Gasteiger partial charge in [-0.1, -0.05) is 0 Å². The average molecular weight is 282 g/mol. The van der Waals surface area contributed by atoms with Crippen LogP contribution in [0.1, 0.15) is 15.6 Å². The second-order valence-electron chi connectivity index (χ2n) is 3.37. The lowest BCUT2D eigenvalue weighted by Gasteiger charge is -2.05. The van der Waals surface area contributed by atoms with Gasteiger partial charge in [0.1, 0.15) is 5.01 Å². The fourth-order valence-corrected chi connectivity index (χ4v) is 2.12. The molecule has 1 rings (SSSR count). The molecule has 0 aliphatic carbocycles. The number of aliphatic carboxylic acids is 1. The Morgan fingerprint density at radius 1 is 1.44 bits per heavy atom. The fraction of sp³-hybridized carbons (Fsp3) is 0.444. The van der Waals surface area contributed by atoms with Gasteiger partial charge in [0.2, 0.25) is 0 Å². The minimum absolute atomic E-state index is 0.237. The van der Waals surface area contributed by atoms with Crippen LogP contribution in [0.2, 0.25) is 0 Å². The number of aryl methyl sites for hydroxylation is 1. The van der Waals surface area contributed by atoms with Gasteiger partial charge >= 0.3 is 18.1 Å². The van der Waals surface area contributed by atoms with Crippen molar-refractivity contribution in [2.45, 2.75) is 26.1 Å². The molecule has 0 atom stereocenters. The summed E-state index contributed by atoms with van der Waals surface area (Å²) >= 11 is 0.966. The number of hydrogen-bond acceptors (Lipinski definition) is 4. The molecule has 0 saturated carbocycles. The summed E-state index contributed by atoms with van der Waals surface area (Å²) in [6.07, 6.45) is -5.17. The van der Waals surface area contributed by atoms with Crippen LogP contribution in [-0.2, 0) is 22.6 Å². The highest BCUT2D eigenvalue weighted by atomic mass is 32.1. The highest BCUT2D eigenvalue weighted by Gasteiger charge is 2.38. The van der Waals surface area contributed by atoms with Crippen molar-refractivity contribution in [3.8, 4) is 0 Å². The molecule has 0 unspecified atom stereocenters. The van der Waals surface area contributed by atoms with Crippen LogP contribution in [0, 0.1) is 6.92 Å². The number of thiazole rings is 1. The monoisotopic (exact) mass is 282 g/mol. The summed E-state index contributed by atoms with van der Waals surface area (Å²) in [5, 5.41) is 10.5. The van der Waals surface area contributed by atoms with Crippen molar-refractivity contribution in [1.82, 2.24) is 10.3 Å². The molecule has 0 aliphatic rings. The number of rotatable bonds is 4. The molecule has 0 aromatic carbocycles. The van der Waals surface area contributed by atoms with E-state index < -0.39 is 18.1 Å². The van der Waals surface area contributed by atoms with E-state index in [1.54, 1.807) is 12.2 Å². The lowest BCUT2D eigenvalue weighted by atomic mass is 10.3. The average Bonchev–Trinajstić information content (AvgIpc) is 2.54. The standard InChI is InChI=1S/C9H9F3N2O3S/c1-4-5(2-7(15)16)18-6(14-4)3-13-8(17)9(10,11)12/h2-3H2,1H3,(H,13,17)(H,15,16). The van der Waals surface area contributed by atoms with E-state index in [2.05, 4.69) is 4.98 Å². The number of carbonyl (C=O) groups excluding carboxylic acids is 1. The summed E-state index contributed by atoms with van der Waals surface area (Å²) in [5.74, 6) is -3.09. The van der Waals surface area contributed by atoms with Crippen molar-refractivity contribution in [2.75, 3.05) is 0 Å². The first-order valence-corrected chi connectivity index (χ1v) is 5.53. The number of nitrogens with one attached hydrogen (secondary N) is 1. The second-order valence-corrected chi connectivity index (χ2v) is 4.54. The first-order valence-electron chi connectivity index (χ1n) is 4.72. The molecule has 0 spiro atoms. The Morgan fingerprint density at radius 3 is 2.56 bits per heavy atom. The number of halogens is 3. The number of alkyl halides is 3. The third-order valence-electron chi connectivity index (χ3n) is 1.91. The van der Waals surface area contributed by atoms with Gasteiger partial charge in [0.25, 0.3) is 0 Å². The van der Waals surface area contributed by atoms with Gasteiger partial charge in [-0.15, -0.1) is 11.3 Å². The quantitative estimate of drug-likeness (QED) is 0.871. The molecule has 1 amide bonds. The predicted octanol–water partition coefficient (Wildman–Crippen LogP) is 1.26. The second kappa shape index (κ2) is 5.34. The van der Waals surface area contributed by atoms with Gasteiger partial charge in [0, 0.05) is 4.88 Å². The molecule has 9 heteroatoms. The number of carboxylic acid groups (broad SMARTS) is 1. The van der Waals surface area contributed by atoms with Crippen LogP contribution in [0.25, 0.3) is 0 Å². The van der Waals surface area contributed by atoms with Crippen LogP contribution in [-0.4, -0.2) is 28.1 Å². The number of nitrogens with zero attached hydrogens (tertiary/aromatic N) is 1. The molecule has 0 saturated heterocycles. The normalized spacial score (nSPS) is 11.3. The zero-order valence-corrected chi connectivity index (χ0v) is 9.98. The summed E-state index contributed by atoms with van der Waals surface area (Å²) in [7, 11) is 0. The van der Waals surface area contributed by atoms with Gasteiger partial charge in [-0.05, 0) is 6.92 Å². The molecule has 5 nitrogen and oxygen atoms in total. The smallest absolute Gasteiger partial charge is 0.471 e. The molecule has 1 aromatic rings. The summed E-state index contributed by atoms with van der Waals surface area (Å²) in [4.78, 5) is 25.4. The first-order chi connectivity index (χ1) is 8.20. The van der Waals surface area contributed by atoms with E-state index in [1.165, 1.54) is 0 Å². The van der Waals surface area contributed by atoms with E-state index in [-0.39, 0.29) is 18.0 Å². The molecule has 100 valence electrons. The van der Waals surface area contributed by atoms with Gasteiger partial charge in [0.05, 0.1) is 18.7 Å². The Hall–Kier alpha value is -1.64. The maximum atomic E-state index is 11.9. The summed E-state index contributed by atoms with van der Waals surface area (Å²) < 4.78 is 35.7. The topological polar surface area (TPSA) is 79.3 Å². The van der Waals surface area contributed by atoms with Gasteiger partial charge in [-0.2, -0.15) is 13.2 Å². The molecule has 0 fully saturated rings. The zero-order chi connectivity index (χ0) is 13.9. The first kappa shape index (κ1) is 14.4. The van der Waals surface area contributed by atoms with E-state index in [0.717, 1.165) is 11.3 Å². The SMILES string of the molecule is Cc1nc(CNC(=O)C(F)(F)F)sc1CC(=O)O. The number of hydrogen-bond donors (Lipinski definition) is 2. The molecule has 0 radical (unpaired) electrons. The van der Waals surface area contributed by atoms with Crippen molar-refractivity contribution >= 4 is 23.2 Å². The van der Waals surface area contributed by atoms with Crippen LogP contribution in [0.15, 0.2) is 0 Å². The third-order valence-corrected chi connectivity index (χ3v) is 3.06. The van der Waals surface area contributed by atoms with E-state index in [1.807, 2.05) is 0 Å². The molecule has 1 aromatic heterocycles. The van der Waals surface area contributed by atoms with E-state index >= 15 is 0 Å². The lowest BCUT2D eigenvalue weighted by molar-refractivity contribution is -0.173. The van der Waals surface area contributed by atoms with Gasteiger partial charge < -0.3 is 10.4 Å². The number of aromatic nitrogens is 1. The zero-order valence-electron chi connectivity index (χ0n) is 9.17. The molecule has 0 aliphatic heterocycles. The summed E-state index contributed by atoms with van der Waals surface area (Å²) in [5.41, 5.74) is 0.443. The Morgan fingerprint density at radius 2 is 2.06 bits per heavy atom. The number of carboxylic acids is 1. The van der Waals surface area contributed by atoms with Crippen LogP contribution < -0.4 is 5.32 Å².